The fraction of sp³-hybridized carbons (Fsp3) is 0.278. The fourth-order valence-corrected chi connectivity index (χ4v) is 2.18. The number of methoxy groups -OCH3 is 1. The van der Waals surface area contributed by atoms with Crippen LogP contribution in [0, 0.1) is 24.1 Å². The van der Waals surface area contributed by atoms with E-state index in [1.165, 1.54) is 12.1 Å². The minimum atomic E-state index is -0.322. The zero-order valence-electron chi connectivity index (χ0n) is 12.7. The predicted octanol–water partition coefficient (Wildman–Crippen LogP) is 4.22. The summed E-state index contributed by atoms with van der Waals surface area (Å²) in [4.78, 5) is 0. The van der Waals surface area contributed by atoms with Gasteiger partial charge in [0.25, 0.3) is 0 Å². The Labute approximate surface area is 129 Å². The van der Waals surface area contributed by atoms with Crippen LogP contribution >= 0.6 is 0 Å². The van der Waals surface area contributed by atoms with Gasteiger partial charge in [0.1, 0.15) is 5.82 Å². The van der Waals surface area contributed by atoms with Crippen molar-refractivity contribution in [3.05, 3.63) is 59.4 Å². The van der Waals surface area contributed by atoms with Crippen molar-refractivity contribution in [1.82, 2.24) is 0 Å². The van der Waals surface area contributed by atoms with Crippen molar-refractivity contribution in [2.45, 2.75) is 19.3 Å². The molecule has 0 bridgehead atoms. The molecule has 0 heterocycles. The summed E-state index contributed by atoms with van der Waals surface area (Å²) in [5.41, 5.74) is 1.88. The van der Waals surface area contributed by atoms with Gasteiger partial charge in [0.2, 0.25) is 0 Å². The van der Waals surface area contributed by atoms with Crippen LogP contribution in [0.4, 0.5) is 4.39 Å². The summed E-state index contributed by atoms with van der Waals surface area (Å²) in [6, 6.07) is 13.9. The van der Waals surface area contributed by atoms with E-state index in [0.29, 0.717) is 24.5 Å². The molecule has 2 aromatic carbocycles. The molecule has 0 saturated heterocycles. The van der Waals surface area contributed by atoms with Crippen LogP contribution < -0.4 is 9.47 Å². The van der Waals surface area contributed by atoms with Crippen molar-refractivity contribution < 1.29 is 13.9 Å². The van der Waals surface area contributed by atoms with E-state index in [2.05, 4.69) is 6.07 Å². The highest BCUT2D eigenvalue weighted by atomic mass is 19.1. The first-order valence-corrected chi connectivity index (χ1v) is 7.06. The standard InChI is InChI=1S/C18H18FNO2/c1-13-3-8-17(18(11-13)21-2)22-10-9-15(12-20)14-4-6-16(19)7-5-14/h3-8,11,15H,9-10H2,1-2H3. The Morgan fingerprint density at radius 2 is 1.86 bits per heavy atom. The van der Waals surface area contributed by atoms with Crippen LogP contribution in [0.1, 0.15) is 23.5 Å². The number of benzene rings is 2. The molecular weight excluding hydrogens is 281 g/mol. The summed E-state index contributed by atoms with van der Waals surface area (Å²) in [6.07, 6.45) is 0.527. The quantitative estimate of drug-likeness (QED) is 0.802. The molecule has 0 spiro atoms. The maximum Gasteiger partial charge on any atom is 0.161 e. The van der Waals surface area contributed by atoms with E-state index in [9.17, 15) is 9.65 Å². The Hall–Kier alpha value is -2.54. The largest absolute Gasteiger partial charge is 0.493 e. The fourth-order valence-electron chi connectivity index (χ4n) is 2.18. The third kappa shape index (κ3) is 3.98. The second-order valence-corrected chi connectivity index (χ2v) is 5.02. The minimum absolute atomic E-state index is 0.305. The number of nitrogens with zero attached hydrogens (tertiary/aromatic N) is 1. The lowest BCUT2D eigenvalue weighted by Crippen LogP contribution is -2.05. The number of ether oxygens (including phenoxy) is 2. The zero-order valence-corrected chi connectivity index (χ0v) is 12.7. The second-order valence-electron chi connectivity index (χ2n) is 5.02. The number of rotatable bonds is 6. The van der Waals surface area contributed by atoms with E-state index < -0.39 is 0 Å². The van der Waals surface area contributed by atoms with Crippen molar-refractivity contribution in [2.24, 2.45) is 0 Å². The molecule has 0 saturated carbocycles. The third-order valence-electron chi connectivity index (χ3n) is 3.41. The van der Waals surface area contributed by atoms with Crippen molar-refractivity contribution in [3.8, 4) is 17.6 Å². The third-order valence-corrected chi connectivity index (χ3v) is 3.41. The van der Waals surface area contributed by atoms with E-state index in [4.69, 9.17) is 9.47 Å². The first-order valence-electron chi connectivity index (χ1n) is 7.06. The van der Waals surface area contributed by atoms with Gasteiger partial charge in [-0.15, -0.1) is 0 Å². The lowest BCUT2D eigenvalue weighted by Gasteiger charge is -2.13. The molecule has 3 nitrogen and oxygen atoms in total. The van der Waals surface area contributed by atoms with Crippen LogP contribution in [0.25, 0.3) is 0 Å². The SMILES string of the molecule is COc1cc(C)ccc1OCCC(C#N)c1ccc(F)cc1. The highest BCUT2D eigenvalue weighted by Gasteiger charge is 2.12. The summed E-state index contributed by atoms with van der Waals surface area (Å²) in [5, 5.41) is 9.26. The molecule has 0 aliphatic carbocycles. The number of hydrogen-bond donors (Lipinski definition) is 0. The molecule has 2 aromatic rings. The monoisotopic (exact) mass is 299 g/mol. The van der Waals surface area contributed by atoms with Crippen LogP contribution in [0.2, 0.25) is 0 Å². The van der Waals surface area contributed by atoms with Gasteiger partial charge in [-0.2, -0.15) is 5.26 Å². The first kappa shape index (κ1) is 15.8. The highest BCUT2D eigenvalue weighted by molar-refractivity contribution is 5.42. The Bertz CT molecular complexity index is 662. The van der Waals surface area contributed by atoms with E-state index in [1.54, 1.807) is 19.2 Å². The Balaban J connectivity index is 1.97. The maximum atomic E-state index is 12.9. The van der Waals surface area contributed by atoms with Gasteiger partial charge in [-0.05, 0) is 42.3 Å². The second kappa shape index (κ2) is 7.46. The summed E-state index contributed by atoms with van der Waals surface area (Å²) in [5.74, 6) is 0.706. The smallest absolute Gasteiger partial charge is 0.161 e. The van der Waals surface area contributed by atoms with Gasteiger partial charge in [0.05, 0.1) is 25.7 Å². The Kier molecular flexibility index (Phi) is 5.37. The predicted molar refractivity (Wildman–Crippen MR) is 82.6 cm³/mol. The van der Waals surface area contributed by atoms with E-state index in [0.717, 1.165) is 11.1 Å². The molecule has 114 valence electrons. The van der Waals surface area contributed by atoms with E-state index in [1.807, 2.05) is 25.1 Å². The summed E-state index contributed by atoms with van der Waals surface area (Å²) in [6.45, 7) is 2.36. The zero-order chi connectivity index (χ0) is 15.9. The summed E-state index contributed by atoms with van der Waals surface area (Å²) in [7, 11) is 1.60. The lowest BCUT2D eigenvalue weighted by atomic mass is 9.98. The topological polar surface area (TPSA) is 42.2 Å². The van der Waals surface area contributed by atoms with Crippen molar-refractivity contribution in [3.63, 3.8) is 0 Å². The molecule has 0 aliphatic heterocycles. The molecule has 2 rings (SSSR count). The molecule has 0 N–H and O–H groups in total. The molecule has 1 unspecified atom stereocenters. The first-order chi connectivity index (χ1) is 10.6. The number of aryl methyl sites for hydroxylation is 1. The van der Waals surface area contributed by atoms with Gasteiger partial charge in [0, 0.05) is 6.42 Å². The molecule has 0 aliphatic rings. The van der Waals surface area contributed by atoms with Crippen LogP contribution in [0.5, 0.6) is 11.5 Å². The molecule has 0 aromatic heterocycles. The molecule has 22 heavy (non-hydrogen) atoms. The van der Waals surface area contributed by atoms with Gasteiger partial charge in [-0.1, -0.05) is 18.2 Å². The molecule has 4 heteroatoms. The number of halogens is 1. The van der Waals surface area contributed by atoms with Crippen molar-refractivity contribution in [2.75, 3.05) is 13.7 Å². The highest BCUT2D eigenvalue weighted by Crippen LogP contribution is 2.28. The molecule has 0 radical (unpaired) electrons. The van der Waals surface area contributed by atoms with Gasteiger partial charge in [-0.25, -0.2) is 4.39 Å². The van der Waals surface area contributed by atoms with Gasteiger partial charge >= 0.3 is 0 Å². The van der Waals surface area contributed by atoms with Gasteiger partial charge in [-0.3, -0.25) is 0 Å². The molecule has 0 amide bonds. The summed E-state index contributed by atoms with van der Waals surface area (Å²) >= 11 is 0. The normalized spacial score (nSPS) is 11.5. The van der Waals surface area contributed by atoms with Crippen LogP contribution in [-0.4, -0.2) is 13.7 Å². The number of nitriles is 1. The minimum Gasteiger partial charge on any atom is -0.493 e. The average Bonchev–Trinajstić information content (AvgIpc) is 2.53. The number of hydrogen-bond acceptors (Lipinski definition) is 3. The van der Waals surface area contributed by atoms with Crippen molar-refractivity contribution in [1.29, 1.82) is 5.26 Å². The molecule has 0 fully saturated rings. The van der Waals surface area contributed by atoms with Crippen LogP contribution in [-0.2, 0) is 0 Å². The van der Waals surface area contributed by atoms with Crippen LogP contribution in [0.15, 0.2) is 42.5 Å². The van der Waals surface area contributed by atoms with E-state index in [-0.39, 0.29) is 11.7 Å². The van der Waals surface area contributed by atoms with Crippen LogP contribution in [0.3, 0.4) is 0 Å². The maximum absolute atomic E-state index is 12.9. The summed E-state index contributed by atoms with van der Waals surface area (Å²) < 4.78 is 23.9. The van der Waals surface area contributed by atoms with E-state index >= 15 is 0 Å². The van der Waals surface area contributed by atoms with Crippen molar-refractivity contribution >= 4 is 0 Å². The van der Waals surface area contributed by atoms with Gasteiger partial charge < -0.3 is 9.47 Å². The molecule has 1 atom stereocenters. The average molecular weight is 299 g/mol. The van der Waals surface area contributed by atoms with Gasteiger partial charge in [0.15, 0.2) is 11.5 Å². The Morgan fingerprint density at radius 3 is 2.50 bits per heavy atom. The molecular formula is C18H18FNO2. The Morgan fingerprint density at radius 1 is 1.14 bits per heavy atom. The lowest BCUT2D eigenvalue weighted by molar-refractivity contribution is 0.285.